The third kappa shape index (κ3) is 7.79. The SMILES string of the molecule is CC(=O)Nc1ccc(Oc2ccc(C=C3SC(=O)N(c4ccc(OCCCN5CCN(C)CC5)cc4)C3=O)cc2)cc1. The Morgan fingerprint density at radius 2 is 1.50 bits per heavy atom. The Labute approximate surface area is 250 Å². The van der Waals surface area contributed by atoms with Crippen molar-refractivity contribution in [3.63, 3.8) is 0 Å². The number of carbonyl (C=O) groups excluding carboxylic acids is 3. The van der Waals surface area contributed by atoms with Crippen LogP contribution in [-0.2, 0) is 9.59 Å². The zero-order valence-corrected chi connectivity index (χ0v) is 24.6. The number of rotatable bonds is 10. The molecule has 0 unspecified atom stereocenters. The number of nitrogens with one attached hydrogen (secondary N) is 1. The minimum Gasteiger partial charge on any atom is -0.494 e. The molecule has 0 saturated carbocycles. The zero-order valence-electron chi connectivity index (χ0n) is 23.7. The van der Waals surface area contributed by atoms with Crippen molar-refractivity contribution in [2.24, 2.45) is 0 Å². The van der Waals surface area contributed by atoms with Gasteiger partial charge in [-0.1, -0.05) is 12.1 Å². The van der Waals surface area contributed by atoms with Gasteiger partial charge in [0.15, 0.2) is 0 Å². The molecule has 42 heavy (non-hydrogen) atoms. The second kappa shape index (κ2) is 13.7. The van der Waals surface area contributed by atoms with Crippen LogP contribution in [0.2, 0.25) is 0 Å². The van der Waals surface area contributed by atoms with E-state index >= 15 is 0 Å². The van der Waals surface area contributed by atoms with Crippen LogP contribution < -0.4 is 19.7 Å². The smallest absolute Gasteiger partial charge is 0.298 e. The Morgan fingerprint density at radius 3 is 2.14 bits per heavy atom. The van der Waals surface area contributed by atoms with Gasteiger partial charge in [0.25, 0.3) is 11.1 Å². The van der Waals surface area contributed by atoms with Gasteiger partial charge in [0, 0.05) is 45.3 Å². The van der Waals surface area contributed by atoms with Gasteiger partial charge in [0.05, 0.1) is 17.2 Å². The van der Waals surface area contributed by atoms with Gasteiger partial charge in [-0.25, -0.2) is 4.90 Å². The Balaban J connectivity index is 1.13. The van der Waals surface area contributed by atoms with Crippen molar-refractivity contribution in [3.8, 4) is 17.2 Å². The molecule has 0 radical (unpaired) electrons. The van der Waals surface area contributed by atoms with E-state index in [2.05, 4.69) is 22.2 Å². The molecule has 0 aromatic heterocycles. The van der Waals surface area contributed by atoms with Crippen molar-refractivity contribution in [1.29, 1.82) is 0 Å². The first-order valence-corrected chi connectivity index (χ1v) is 14.7. The predicted molar refractivity (Wildman–Crippen MR) is 166 cm³/mol. The van der Waals surface area contributed by atoms with Crippen LogP contribution >= 0.6 is 11.8 Å². The fraction of sp³-hybridized carbons (Fsp3) is 0.281. The lowest BCUT2D eigenvalue weighted by Crippen LogP contribution is -2.44. The number of nitrogens with zero attached hydrogens (tertiary/aromatic N) is 3. The fourth-order valence-corrected chi connectivity index (χ4v) is 5.50. The maximum Gasteiger partial charge on any atom is 0.298 e. The quantitative estimate of drug-likeness (QED) is 0.239. The van der Waals surface area contributed by atoms with Crippen molar-refractivity contribution in [1.82, 2.24) is 9.80 Å². The van der Waals surface area contributed by atoms with E-state index in [1.807, 2.05) is 12.1 Å². The summed E-state index contributed by atoms with van der Waals surface area (Å²) in [6.07, 6.45) is 2.65. The highest BCUT2D eigenvalue weighted by Gasteiger charge is 2.36. The molecule has 1 N–H and O–H groups in total. The van der Waals surface area contributed by atoms with Gasteiger partial charge in [0.1, 0.15) is 17.2 Å². The van der Waals surface area contributed by atoms with Crippen LogP contribution in [0, 0.1) is 0 Å². The molecular weight excluding hydrogens is 552 g/mol. The van der Waals surface area contributed by atoms with Crippen LogP contribution in [0.5, 0.6) is 17.2 Å². The van der Waals surface area contributed by atoms with E-state index in [1.165, 1.54) is 11.8 Å². The number of carbonyl (C=O) groups is 3. The average molecular weight is 587 g/mol. The molecule has 3 aromatic rings. The van der Waals surface area contributed by atoms with Gasteiger partial charge in [-0.15, -0.1) is 0 Å². The number of hydrogen-bond donors (Lipinski definition) is 1. The molecule has 2 saturated heterocycles. The highest BCUT2D eigenvalue weighted by molar-refractivity contribution is 8.19. The van der Waals surface area contributed by atoms with Crippen molar-refractivity contribution >= 4 is 46.3 Å². The Kier molecular flexibility index (Phi) is 9.58. The molecule has 0 bridgehead atoms. The minimum atomic E-state index is -0.356. The molecule has 2 heterocycles. The topological polar surface area (TPSA) is 91.4 Å². The first kappa shape index (κ1) is 29.4. The lowest BCUT2D eigenvalue weighted by molar-refractivity contribution is -0.114. The zero-order chi connectivity index (χ0) is 29.5. The van der Waals surface area contributed by atoms with Gasteiger partial charge < -0.3 is 24.6 Å². The lowest BCUT2D eigenvalue weighted by atomic mass is 10.2. The summed E-state index contributed by atoms with van der Waals surface area (Å²) >= 11 is 0.917. The molecule has 3 amide bonds. The van der Waals surface area contributed by atoms with Crippen LogP contribution in [0.25, 0.3) is 6.08 Å². The van der Waals surface area contributed by atoms with Crippen molar-refractivity contribution in [2.75, 3.05) is 56.6 Å². The number of hydrogen-bond acceptors (Lipinski definition) is 8. The normalized spacial score (nSPS) is 17.1. The van der Waals surface area contributed by atoms with Gasteiger partial charge in [0.2, 0.25) is 5.91 Å². The van der Waals surface area contributed by atoms with Crippen molar-refractivity contribution < 1.29 is 23.9 Å². The lowest BCUT2D eigenvalue weighted by Gasteiger charge is -2.32. The summed E-state index contributed by atoms with van der Waals surface area (Å²) in [7, 11) is 2.15. The van der Waals surface area contributed by atoms with E-state index in [9.17, 15) is 14.4 Å². The minimum absolute atomic E-state index is 0.137. The summed E-state index contributed by atoms with van der Waals surface area (Å²) in [5.74, 6) is 1.47. The van der Waals surface area contributed by atoms with Crippen molar-refractivity contribution in [2.45, 2.75) is 13.3 Å². The van der Waals surface area contributed by atoms with E-state index < -0.39 is 0 Å². The first-order chi connectivity index (χ1) is 20.3. The molecule has 10 heteroatoms. The number of likely N-dealkylation sites (N-methyl/N-ethyl adjacent to an activating group) is 1. The number of anilines is 2. The van der Waals surface area contributed by atoms with Gasteiger partial charge in [-0.05, 0) is 97.5 Å². The standard InChI is InChI=1S/C32H34N4O5S/c1-23(37)33-25-6-12-29(13-7-25)41-28-10-4-24(5-11-28)22-30-31(38)36(32(39)42-30)26-8-14-27(15-9-26)40-21-3-16-35-19-17-34(2)18-20-35/h4-15,22H,3,16-21H2,1-2H3,(H,33,37). The van der Waals surface area contributed by atoms with Gasteiger partial charge in [-0.2, -0.15) is 0 Å². The predicted octanol–water partition coefficient (Wildman–Crippen LogP) is 5.69. The van der Waals surface area contributed by atoms with Crippen LogP contribution in [0.4, 0.5) is 16.2 Å². The number of benzene rings is 3. The number of ether oxygens (including phenoxy) is 2. The maximum atomic E-state index is 13.1. The van der Waals surface area contributed by atoms with E-state index in [0.717, 1.165) is 56.5 Å². The molecule has 2 fully saturated rings. The van der Waals surface area contributed by atoms with Gasteiger partial charge >= 0.3 is 0 Å². The molecule has 9 nitrogen and oxygen atoms in total. The molecule has 2 aliphatic heterocycles. The summed E-state index contributed by atoms with van der Waals surface area (Å²) < 4.78 is 11.8. The fourth-order valence-electron chi connectivity index (χ4n) is 4.66. The highest BCUT2D eigenvalue weighted by Crippen LogP contribution is 2.36. The molecule has 0 aliphatic carbocycles. The first-order valence-electron chi connectivity index (χ1n) is 13.9. The molecule has 3 aromatic carbocycles. The monoisotopic (exact) mass is 586 g/mol. The molecule has 0 spiro atoms. The Morgan fingerprint density at radius 1 is 0.881 bits per heavy atom. The summed E-state index contributed by atoms with van der Waals surface area (Å²) in [5, 5.41) is 2.38. The maximum absolute atomic E-state index is 13.1. The van der Waals surface area contributed by atoms with Crippen LogP contribution in [-0.4, -0.2) is 73.2 Å². The van der Waals surface area contributed by atoms with E-state index in [0.29, 0.717) is 40.1 Å². The summed E-state index contributed by atoms with van der Waals surface area (Å²) in [5.41, 5.74) is 1.98. The molecule has 0 atom stereocenters. The number of thioether (sulfide) groups is 1. The number of piperazine rings is 1. The average Bonchev–Trinajstić information content (AvgIpc) is 3.26. The molecule has 2 aliphatic rings. The summed E-state index contributed by atoms with van der Waals surface area (Å²) in [4.78, 5) is 43.4. The van der Waals surface area contributed by atoms with Crippen LogP contribution in [0.15, 0.2) is 77.7 Å². The largest absolute Gasteiger partial charge is 0.494 e. The summed E-state index contributed by atoms with van der Waals surface area (Å²) in [6, 6.07) is 21.4. The number of amides is 3. The van der Waals surface area contributed by atoms with Gasteiger partial charge in [-0.3, -0.25) is 14.4 Å². The van der Waals surface area contributed by atoms with Crippen LogP contribution in [0.3, 0.4) is 0 Å². The third-order valence-electron chi connectivity index (χ3n) is 6.96. The molecule has 218 valence electrons. The second-order valence-electron chi connectivity index (χ2n) is 10.2. The van der Waals surface area contributed by atoms with Crippen molar-refractivity contribution in [3.05, 3.63) is 83.3 Å². The van der Waals surface area contributed by atoms with Crippen LogP contribution in [0.1, 0.15) is 18.9 Å². The third-order valence-corrected chi connectivity index (χ3v) is 7.83. The highest BCUT2D eigenvalue weighted by atomic mass is 32.2. The summed E-state index contributed by atoms with van der Waals surface area (Å²) in [6.45, 7) is 7.48. The second-order valence-corrected chi connectivity index (χ2v) is 11.2. The van der Waals surface area contributed by atoms with E-state index in [1.54, 1.807) is 66.7 Å². The molecular formula is C32H34N4O5S. The Bertz CT molecular complexity index is 1430. The van der Waals surface area contributed by atoms with E-state index in [4.69, 9.17) is 9.47 Å². The molecule has 5 rings (SSSR count). The Hall–Kier alpha value is -4.12. The number of imide groups is 1. The van der Waals surface area contributed by atoms with E-state index in [-0.39, 0.29) is 17.1 Å².